The summed E-state index contributed by atoms with van der Waals surface area (Å²) in [5.74, 6) is 2.02. The van der Waals surface area contributed by atoms with Gasteiger partial charge in [-0.3, -0.25) is 0 Å². The molecular weight excluding hydrogens is 392 g/mol. The van der Waals surface area contributed by atoms with Gasteiger partial charge in [-0.2, -0.15) is 4.72 Å². The van der Waals surface area contributed by atoms with E-state index in [9.17, 15) is 13.2 Å². The summed E-state index contributed by atoms with van der Waals surface area (Å²) in [6.45, 7) is 1.80. The highest BCUT2D eigenvalue weighted by atomic mass is 32.2. The van der Waals surface area contributed by atoms with Crippen molar-refractivity contribution in [2.24, 2.45) is 0 Å². The van der Waals surface area contributed by atoms with Crippen molar-refractivity contribution in [2.45, 2.75) is 18.4 Å². The van der Waals surface area contributed by atoms with Crippen LogP contribution in [0.2, 0.25) is 0 Å². The molecule has 3 rings (SSSR count). The number of ether oxygens (including phenoxy) is 1. The quantitative estimate of drug-likeness (QED) is 0.475. The van der Waals surface area contributed by atoms with Crippen LogP contribution in [0.3, 0.4) is 0 Å². The number of aromatic nitrogens is 1. The summed E-state index contributed by atoms with van der Waals surface area (Å²) in [6, 6.07) is 13.0. The molecule has 1 heterocycles. The van der Waals surface area contributed by atoms with Crippen LogP contribution in [0.5, 0.6) is 0 Å². The third-order valence-electron chi connectivity index (χ3n) is 3.97. The first kappa shape index (κ1) is 20.3. The van der Waals surface area contributed by atoms with E-state index in [4.69, 9.17) is 15.6 Å². The van der Waals surface area contributed by atoms with Crippen LogP contribution in [0, 0.1) is 19.3 Å². The number of carbonyl (C=O) groups is 1. The molecule has 0 aliphatic carbocycles. The van der Waals surface area contributed by atoms with Crippen molar-refractivity contribution >= 4 is 16.0 Å². The molecule has 0 aliphatic rings. The number of esters is 1. The zero-order valence-electron chi connectivity index (χ0n) is 15.6. The highest BCUT2D eigenvalue weighted by molar-refractivity contribution is 7.89. The molecule has 0 fully saturated rings. The minimum Gasteiger partial charge on any atom is -0.455 e. The van der Waals surface area contributed by atoms with Crippen molar-refractivity contribution in [3.63, 3.8) is 0 Å². The molecule has 0 saturated carbocycles. The van der Waals surface area contributed by atoms with Crippen LogP contribution in [-0.4, -0.2) is 25.9 Å². The minimum absolute atomic E-state index is 0.00328. The summed E-state index contributed by atoms with van der Waals surface area (Å²) >= 11 is 0. The van der Waals surface area contributed by atoms with Gasteiger partial charge in [0.1, 0.15) is 18.6 Å². The Morgan fingerprint density at radius 2 is 1.86 bits per heavy atom. The minimum atomic E-state index is -3.71. The molecule has 0 unspecified atom stereocenters. The largest absolute Gasteiger partial charge is 0.455 e. The van der Waals surface area contributed by atoms with Crippen molar-refractivity contribution in [3.05, 3.63) is 71.6 Å². The predicted molar refractivity (Wildman–Crippen MR) is 106 cm³/mol. The lowest BCUT2D eigenvalue weighted by molar-refractivity contribution is 0.0467. The first-order valence-corrected chi connectivity index (χ1v) is 10.1. The second kappa shape index (κ2) is 8.73. The van der Waals surface area contributed by atoms with Crippen LogP contribution in [0.15, 0.2) is 64.1 Å². The van der Waals surface area contributed by atoms with Gasteiger partial charge in [-0.15, -0.1) is 6.42 Å². The smallest absolute Gasteiger partial charge is 0.338 e. The maximum atomic E-state index is 12.2. The van der Waals surface area contributed by atoms with E-state index in [0.29, 0.717) is 11.6 Å². The molecule has 148 valence electrons. The van der Waals surface area contributed by atoms with E-state index in [1.165, 1.54) is 30.5 Å². The number of terminal acetylenes is 1. The van der Waals surface area contributed by atoms with Crippen LogP contribution in [0.25, 0.3) is 11.5 Å². The Labute approximate surface area is 168 Å². The average molecular weight is 410 g/mol. The van der Waals surface area contributed by atoms with Gasteiger partial charge in [0, 0.05) is 5.56 Å². The average Bonchev–Trinajstić information content (AvgIpc) is 3.20. The number of nitrogens with zero attached hydrogens (tertiary/aromatic N) is 1. The molecule has 29 heavy (non-hydrogen) atoms. The third-order valence-corrected chi connectivity index (χ3v) is 5.38. The molecule has 7 nitrogen and oxygen atoms in total. The fraction of sp³-hybridized carbons (Fsp3) is 0.143. The van der Waals surface area contributed by atoms with Crippen LogP contribution in [-0.2, 0) is 21.4 Å². The summed E-state index contributed by atoms with van der Waals surface area (Å²) < 4.78 is 36.8. The molecule has 3 aromatic rings. The Balaban J connectivity index is 1.61. The molecule has 8 heteroatoms. The number of hydrogen-bond acceptors (Lipinski definition) is 6. The lowest BCUT2D eigenvalue weighted by Crippen LogP contribution is -2.23. The van der Waals surface area contributed by atoms with E-state index < -0.39 is 16.0 Å². The van der Waals surface area contributed by atoms with Crippen LogP contribution >= 0.6 is 0 Å². The van der Waals surface area contributed by atoms with E-state index in [-0.39, 0.29) is 23.6 Å². The monoisotopic (exact) mass is 410 g/mol. The summed E-state index contributed by atoms with van der Waals surface area (Å²) in [6.07, 6.45) is 6.48. The van der Waals surface area contributed by atoms with Crippen molar-refractivity contribution in [2.75, 3.05) is 6.54 Å². The lowest BCUT2D eigenvalue weighted by Gasteiger charge is -2.06. The molecule has 0 radical (unpaired) electrons. The second-order valence-corrected chi connectivity index (χ2v) is 7.91. The van der Waals surface area contributed by atoms with Gasteiger partial charge in [-0.1, -0.05) is 23.6 Å². The molecule has 0 amide bonds. The number of aryl methyl sites for hydroxylation is 1. The lowest BCUT2D eigenvalue weighted by atomic mass is 10.1. The van der Waals surface area contributed by atoms with Crippen LogP contribution in [0.4, 0.5) is 0 Å². The number of hydrogen-bond donors (Lipinski definition) is 1. The molecule has 1 aromatic heterocycles. The van der Waals surface area contributed by atoms with E-state index in [0.717, 1.165) is 11.1 Å². The number of sulfonamides is 1. The van der Waals surface area contributed by atoms with Gasteiger partial charge in [-0.25, -0.2) is 18.2 Å². The van der Waals surface area contributed by atoms with Gasteiger partial charge < -0.3 is 9.15 Å². The SMILES string of the molecule is C#CCNS(=O)(=O)c1ccc(C(=O)OCc2coc(-c3ccc(C)cc3)n2)cc1. The number of carbonyl (C=O) groups excluding carboxylic acids is 1. The third kappa shape index (κ3) is 5.10. The van der Waals surface area contributed by atoms with E-state index in [1.54, 1.807) is 0 Å². The molecule has 0 spiro atoms. The molecule has 0 bridgehead atoms. The molecule has 0 saturated heterocycles. The van der Waals surface area contributed by atoms with E-state index in [1.807, 2.05) is 31.2 Å². The normalized spacial score (nSPS) is 11.0. The summed E-state index contributed by atoms with van der Waals surface area (Å²) in [7, 11) is -3.71. The number of rotatable bonds is 7. The van der Waals surface area contributed by atoms with Gasteiger partial charge in [0.25, 0.3) is 0 Å². The van der Waals surface area contributed by atoms with Gasteiger partial charge in [-0.05, 0) is 43.3 Å². The standard InChI is InChI=1S/C21H18N2O5S/c1-3-12-22-29(25,26)19-10-8-17(9-11-19)21(24)28-14-18-13-27-20(23-18)16-6-4-15(2)5-7-16/h1,4-11,13,22H,12,14H2,2H3. The summed E-state index contributed by atoms with van der Waals surface area (Å²) in [4.78, 5) is 16.5. The first-order chi connectivity index (χ1) is 13.9. The fourth-order valence-corrected chi connectivity index (χ4v) is 3.35. The maximum absolute atomic E-state index is 12.2. The Kier molecular flexibility index (Phi) is 6.12. The second-order valence-electron chi connectivity index (χ2n) is 6.14. The van der Waals surface area contributed by atoms with Gasteiger partial charge in [0.2, 0.25) is 15.9 Å². The summed E-state index contributed by atoms with van der Waals surface area (Å²) in [5.41, 5.74) is 2.62. The zero-order chi connectivity index (χ0) is 20.9. The zero-order valence-corrected chi connectivity index (χ0v) is 16.4. The van der Waals surface area contributed by atoms with Crippen molar-refractivity contribution in [3.8, 4) is 23.8 Å². The number of benzene rings is 2. The molecule has 1 N–H and O–H groups in total. The first-order valence-electron chi connectivity index (χ1n) is 8.61. The predicted octanol–water partition coefficient (Wildman–Crippen LogP) is 2.92. The number of oxazole rings is 1. The van der Waals surface area contributed by atoms with E-state index in [2.05, 4.69) is 15.6 Å². The Hall–Kier alpha value is -3.41. The Bertz CT molecular complexity index is 1140. The van der Waals surface area contributed by atoms with E-state index >= 15 is 0 Å². The van der Waals surface area contributed by atoms with Gasteiger partial charge in [0.15, 0.2) is 0 Å². The highest BCUT2D eigenvalue weighted by Crippen LogP contribution is 2.19. The Morgan fingerprint density at radius 1 is 1.17 bits per heavy atom. The fourth-order valence-electron chi connectivity index (χ4n) is 2.41. The molecule has 2 aromatic carbocycles. The molecular formula is C21H18N2O5S. The topological polar surface area (TPSA) is 98.5 Å². The van der Waals surface area contributed by atoms with Crippen molar-refractivity contribution in [1.29, 1.82) is 0 Å². The van der Waals surface area contributed by atoms with Crippen LogP contribution in [0.1, 0.15) is 21.6 Å². The number of nitrogens with one attached hydrogen (secondary N) is 1. The van der Waals surface area contributed by atoms with Crippen molar-refractivity contribution < 1.29 is 22.4 Å². The maximum Gasteiger partial charge on any atom is 0.338 e. The highest BCUT2D eigenvalue weighted by Gasteiger charge is 2.15. The summed E-state index contributed by atoms with van der Waals surface area (Å²) in [5, 5.41) is 0. The van der Waals surface area contributed by atoms with Crippen molar-refractivity contribution in [1.82, 2.24) is 9.71 Å². The van der Waals surface area contributed by atoms with Gasteiger partial charge in [0.05, 0.1) is 17.0 Å². The van der Waals surface area contributed by atoms with Crippen LogP contribution < -0.4 is 4.72 Å². The molecule has 0 atom stereocenters. The van der Waals surface area contributed by atoms with Gasteiger partial charge >= 0.3 is 5.97 Å². The Morgan fingerprint density at radius 3 is 2.52 bits per heavy atom. The molecule has 0 aliphatic heterocycles.